The Morgan fingerprint density at radius 1 is 0.883 bits per heavy atom. The first-order valence-corrected chi connectivity index (χ1v) is 27.3. The van der Waals surface area contributed by atoms with Crippen molar-refractivity contribution < 1.29 is 65.3 Å². The minimum atomic E-state index is -4.31. The lowest BCUT2D eigenvalue weighted by Gasteiger charge is -2.24. The largest absolute Gasteiger partial charge is 0.508 e. The highest BCUT2D eigenvalue weighted by atomic mass is 32.2. The average molecular weight is 1090 g/mol. The van der Waals surface area contributed by atoms with Gasteiger partial charge in [0.05, 0.1) is 24.1 Å². The highest BCUT2D eigenvalue weighted by molar-refractivity contribution is 7.84. The molecule has 7 rings (SSSR count). The van der Waals surface area contributed by atoms with Crippen molar-refractivity contribution in [3.63, 3.8) is 0 Å². The molecule has 25 heteroatoms. The SMILES string of the molecule is CC(C)[C@@H](NC(=O)CCCCCC(=O)ON1C(=O)CCC1=O)C(=O)C[C@H](CCCNC(N)=O)C(=O)Nc1ccc(COC(=O)O[C@H]2C[C@H](n3ccc4c(N[C@H]5CCc6ccccc65)ncnc43)C[C@H]2COS(N)(=O)=O)cc1. The number of Topliss-reactive ketones (excluding diaryl/α,β-unsaturated/α-hetero) is 1. The molecule has 0 unspecified atom stereocenters. The van der Waals surface area contributed by atoms with Gasteiger partial charge in [0.1, 0.15) is 30.5 Å². The molecule has 8 N–H and O–H groups in total. The third-order valence-electron chi connectivity index (χ3n) is 13.9. The van der Waals surface area contributed by atoms with E-state index in [1.165, 1.54) is 17.5 Å². The Kier molecular flexibility index (Phi) is 19.7. The molecule has 0 spiro atoms. The fourth-order valence-corrected chi connectivity index (χ4v) is 10.3. The van der Waals surface area contributed by atoms with Gasteiger partial charge in [-0.25, -0.2) is 29.5 Å². The number of unbranched alkanes of at least 4 members (excludes halogenated alkanes) is 2. The van der Waals surface area contributed by atoms with Gasteiger partial charge in [0.15, 0.2) is 5.78 Å². The molecule has 2 fully saturated rings. The maximum atomic E-state index is 13.8. The molecule has 3 aliphatic rings. The number of hydrogen-bond donors (Lipinski definition) is 6. The minimum absolute atomic E-state index is 0.0111. The molecule has 6 atom stereocenters. The Bertz CT molecular complexity index is 2900. The zero-order valence-electron chi connectivity index (χ0n) is 43.0. The molecule has 2 aromatic carbocycles. The second-order valence-corrected chi connectivity index (χ2v) is 21.1. The number of hydroxylamine groups is 2. The van der Waals surface area contributed by atoms with Gasteiger partial charge in [0, 0.05) is 74.8 Å². The number of aromatic nitrogens is 3. The van der Waals surface area contributed by atoms with E-state index in [2.05, 4.69) is 43.4 Å². The average Bonchev–Trinajstić information content (AvgIpc) is 4.20. The molecular formula is C52H66N10O14S. The molecular weight excluding hydrogens is 1020 g/mol. The standard InChI is InChI=1S/C52H66N10O14S/c1-31(2)47(60-43(64)12-4-3-5-13-46(67)76-62-44(65)20-21-45(62)66)41(63)26-34(10-8-23-55-51(53)69)50(68)58-36-17-14-32(15-18-36)28-73-52(70)75-42-27-37(25-35(42)29-74-77(54,71)72)61-24-22-39-48(56-30-57-49(39)61)59-40-19-16-33-9-6-7-11-38(33)40/h6-7,9,11,14-15,17-18,22,24,30-31,34-35,37,40,42,47H,3-5,8,10,12-13,16,19-21,23,25-29H2,1-2H3,(H,58,68)(H,60,64)(H3,53,55,69)(H2,54,71,72)(H,56,57,59)/t34-,35-,37+,40-,42-,47+/m0/s1. The van der Waals surface area contributed by atoms with Crippen LogP contribution in [0.3, 0.4) is 0 Å². The van der Waals surface area contributed by atoms with Crippen molar-refractivity contribution >= 4 is 80.4 Å². The van der Waals surface area contributed by atoms with Crippen molar-refractivity contribution in [2.24, 2.45) is 28.6 Å². The summed E-state index contributed by atoms with van der Waals surface area (Å²) >= 11 is 0. The number of aryl methyl sites for hydroxylation is 1. The molecule has 414 valence electrons. The summed E-state index contributed by atoms with van der Waals surface area (Å²) in [4.78, 5) is 115. The molecule has 1 aliphatic heterocycles. The van der Waals surface area contributed by atoms with E-state index in [1.54, 1.807) is 38.1 Å². The predicted molar refractivity (Wildman–Crippen MR) is 277 cm³/mol. The van der Waals surface area contributed by atoms with E-state index in [4.69, 9.17) is 29.4 Å². The monoisotopic (exact) mass is 1090 g/mol. The highest BCUT2D eigenvalue weighted by Crippen LogP contribution is 2.41. The number of imide groups is 1. The number of ketones is 1. The van der Waals surface area contributed by atoms with Crippen LogP contribution < -0.4 is 32.1 Å². The number of carbonyl (C=O) groups is 8. The van der Waals surface area contributed by atoms with E-state index in [-0.39, 0.29) is 88.5 Å². The van der Waals surface area contributed by atoms with Gasteiger partial charge in [0.25, 0.3) is 11.8 Å². The van der Waals surface area contributed by atoms with Gasteiger partial charge in [-0.2, -0.15) is 8.42 Å². The maximum absolute atomic E-state index is 13.8. The van der Waals surface area contributed by atoms with Gasteiger partial charge in [-0.1, -0.05) is 56.7 Å². The van der Waals surface area contributed by atoms with E-state index in [9.17, 15) is 46.8 Å². The molecule has 1 saturated heterocycles. The van der Waals surface area contributed by atoms with E-state index < -0.39 is 76.1 Å². The predicted octanol–water partition coefficient (Wildman–Crippen LogP) is 5.08. The Balaban J connectivity index is 0.898. The number of nitrogens with two attached hydrogens (primary N) is 2. The van der Waals surface area contributed by atoms with Crippen molar-refractivity contribution in [2.75, 3.05) is 23.8 Å². The number of amides is 6. The summed E-state index contributed by atoms with van der Waals surface area (Å²) in [7, 11) is -4.31. The number of benzene rings is 2. The number of urea groups is 1. The molecule has 3 heterocycles. The fourth-order valence-electron chi connectivity index (χ4n) is 9.93. The first-order chi connectivity index (χ1) is 36.8. The minimum Gasteiger partial charge on any atom is -0.430 e. The van der Waals surface area contributed by atoms with Gasteiger partial charge in [0.2, 0.25) is 11.8 Å². The van der Waals surface area contributed by atoms with Crippen molar-refractivity contribution in [1.29, 1.82) is 0 Å². The number of primary amides is 1. The van der Waals surface area contributed by atoms with Gasteiger partial charge < -0.3 is 45.9 Å². The second kappa shape index (κ2) is 26.5. The van der Waals surface area contributed by atoms with Crippen molar-refractivity contribution in [2.45, 2.75) is 135 Å². The van der Waals surface area contributed by atoms with Crippen molar-refractivity contribution in [3.05, 3.63) is 83.8 Å². The van der Waals surface area contributed by atoms with E-state index in [0.717, 1.165) is 18.2 Å². The van der Waals surface area contributed by atoms with Gasteiger partial charge in [-0.15, -0.1) is 5.06 Å². The number of fused-ring (bicyclic) bond motifs is 2. The Labute approximate surface area is 445 Å². The van der Waals surface area contributed by atoms with Crippen LogP contribution in [-0.2, 0) is 70.6 Å². The molecule has 2 aliphatic carbocycles. The van der Waals surface area contributed by atoms with E-state index in [1.807, 2.05) is 29.0 Å². The molecule has 4 aromatic rings. The van der Waals surface area contributed by atoms with Crippen molar-refractivity contribution in [1.82, 2.24) is 30.2 Å². The number of anilines is 2. The summed E-state index contributed by atoms with van der Waals surface area (Å²) in [6.07, 6.45) is 5.51. The fraction of sp³-hybridized carbons (Fsp3) is 0.500. The van der Waals surface area contributed by atoms with Crippen LogP contribution in [0.25, 0.3) is 11.0 Å². The molecule has 24 nitrogen and oxygen atoms in total. The quantitative estimate of drug-likeness (QED) is 0.0257. The zero-order chi connectivity index (χ0) is 55.2. The molecule has 77 heavy (non-hydrogen) atoms. The van der Waals surface area contributed by atoms with Crippen LogP contribution in [0.2, 0.25) is 0 Å². The first-order valence-electron chi connectivity index (χ1n) is 25.8. The summed E-state index contributed by atoms with van der Waals surface area (Å²) in [5, 5.41) is 18.1. The summed E-state index contributed by atoms with van der Waals surface area (Å²) in [6.45, 7) is 3.14. The van der Waals surface area contributed by atoms with Crippen LogP contribution in [0.4, 0.5) is 21.1 Å². The van der Waals surface area contributed by atoms with Gasteiger partial charge in [-0.05, 0) is 85.8 Å². The lowest BCUT2D eigenvalue weighted by atomic mass is 9.89. The summed E-state index contributed by atoms with van der Waals surface area (Å²) in [6, 6.07) is 14.8. The smallest absolute Gasteiger partial charge is 0.430 e. The topological polar surface area (TPSA) is 342 Å². The number of nitrogens with zero attached hydrogens (tertiary/aromatic N) is 4. The van der Waals surface area contributed by atoms with Crippen LogP contribution in [-0.4, -0.2) is 101 Å². The van der Waals surface area contributed by atoms with Gasteiger partial charge in [-0.3, -0.25) is 28.2 Å². The molecule has 0 radical (unpaired) electrons. The third-order valence-corrected chi connectivity index (χ3v) is 14.3. The Morgan fingerprint density at radius 3 is 2.35 bits per heavy atom. The second-order valence-electron chi connectivity index (χ2n) is 19.9. The Hall–Kier alpha value is -7.51. The van der Waals surface area contributed by atoms with Crippen LogP contribution in [0, 0.1) is 17.8 Å². The Morgan fingerprint density at radius 2 is 1.62 bits per heavy atom. The summed E-state index contributed by atoms with van der Waals surface area (Å²) < 4.78 is 41.9. The van der Waals surface area contributed by atoms with E-state index >= 15 is 0 Å². The lowest BCUT2D eigenvalue weighted by molar-refractivity contribution is -0.197. The van der Waals surface area contributed by atoms with Gasteiger partial charge >= 0.3 is 28.5 Å². The van der Waals surface area contributed by atoms with Crippen LogP contribution >= 0.6 is 0 Å². The molecule has 6 amide bonds. The van der Waals surface area contributed by atoms with Crippen LogP contribution in [0.1, 0.15) is 126 Å². The lowest BCUT2D eigenvalue weighted by Crippen LogP contribution is -2.45. The normalized spacial score (nSPS) is 18.9. The maximum Gasteiger partial charge on any atom is 0.508 e. The van der Waals surface area contributed by atoms with Crippen molar-refractivity contribution in [3.8, 4) is 0 Å². The summed E-state index contributed by atoms with van der Waals surface area (Å²) in [5.74, 6) is -4.22. The number of rotatable bonds is 27. The summed E-state index contributed by atoms with van der Waals surface area (Å²) in [5.41, 5.74) is 9.31. The first kappa shape index (κ1) is 57.2. The van der Waals surface area contributed by atoms with E-state index in [0.29, 0.717) is 59.9 Å². The number of carbonyl (C=O) groups excluding carboxylic acids is 8. The molecule has 1 saturated carbocycles. The molecule has 2 aromatic heterocycles. The number of ether oxygens (including phenoxy) is 2. The zero-order valence-corrected chi connectivity index (χ0v) is 43.8. The number of nitrogens with one attached hydrogen (secondary N) is 4. The molecule has 0 bridgehead atoms. The van der Waals surface area contributed by atoms with Crippen LogP contribution in [0.15, 0.2) is 67.1 Å². The number of hydrogen-bond acceptors (Lipinski definition) is 17. The van der Waals surface area contributed by atoms with Crippen LogP contribution in [0.5, 0.6) is 0 Å². The third kappa shape index (κ3) is 16.3. The highest BCUT2D eigenvalue weighted by Gasteiger charge is 2.40.